The molecule has 0 N–H and O–H groups in total. The second kappa shape index (κ2) is 9.55. The van der Waals surface area contributed by atoms with E-state index in [0.717, 1.165) is 16.9 Å². The maximum absolute atomic E-state index is 14.9. The zero-order valence-electron chi connectivity index (χ0n) is 18.8. The van der Waals surface area contributed by atoms with Gasteiger partial charge in [-0.2, -0.15) is 0 Å². The Balaban J connectivity index is 1.42. The Kier molecular flexibility index (Phi) is 6.15. The second-order valence-electron chi connectivity index (χ2n) is 7.50. The van der Waals surface area contributed by atoms with Gasteiger partial charge in [0.05, 0.1) is 36.4 Å². The molecule has 176 valence electrons. The van der Waals surface area contributed by atoms with Crippen LogP contribution >= 0.6 is 11.3 Å². The molecule has 5 aromatic rings. The molecule has 0 unspecified atom stereocenters. The fourth-order valence-electron chi connectivity index (χ4n) is 3.58. The lowest BCUT2D eigenvalue weighted by atomic mass is 10.2. The predicted octanol–water partition coefficient (Wildman–Crippen LogP) is 5.94. The van der Waals surface area contributed by atoms with Gasteiger partial charge in [-0.05, 0) is 17.7 Å². The van der Waals surface area contributed by atoms with Crippen molar-refractivity contribution in [3.8, 4) is 28.2 Å². The quantitative estimate of drug-likeness (QED) is 0.261. The van der Waals surface area contributed by atoms with E-state index in [1.165, 1.54) is 26.4 Å². The van der Waals surface area contributed by atoms with Gasteiger partial charge in [0.15, 0.2) is 23.1 Å². The average Bonchev–Trinajstić information content (AvgIpc) is 3.24. The zero-order chi connectivity index (χ0) is 24.4. The first-order valence-electron chi connectivity index (χ1n) is 10.6. The number of rotatable bonds is 7. The minimum absolute atomic E-state index is 0.00518. The smallest absolute Gasteiger partial charge is 0.317 e. The molecule has 9 heteroatoms. The van der Waals surface area contributed by atoms with Crippen LogP contribution in [0, 0.1) is 5.82 Å². The van der Waals surface area contributed by atoms with Gasteiger partial charge >= 0.3 is 5.97 Å². The molecule has 7 nitrogen and oxygen atoms in total. The highest BCUT2D eigenvalue weighted by molar-refractivity contribution is 7.20. The molecule has 0 aliphatic carbocycles. The lowest BCUT2D eigenvalue weighted by Gasteiger charge is -2.12. The monoisotopic (exact) mass is 490 g/mol. The number of aromatic nitrogens is 2. The Bertz CT molecular complexity index is 1540. The van der Waals surface area contributed by atoms with E-state index in [4.69, 9.17) is 18.9 Å². The third kappa shape index (κ3) is 4.71. The first-order chi connectivity index (χ1) is 17.0. The number of fused-ring (bicyclic) bond motifs is 2. The Hall–Kier alpha value is -4.24. The number of benzene rings is 3. The van der Waals surface area contributed by atoms with E-state index in [9.17, 15) is 9.18 Å². The van der Waals surface area contributed by atoms with Gasteiger partial charge in [-0.1, -0.05) is 41.7 Å². The van der Waals surface area contributed by atoms with E-state index in [1.807, 2.05) is 30.3 Å². The fraction of sp³-hybridized carbons (Fsp3) is 0.115. The highest BCUT2D eigenvalue weighted by Gasteiger charge is 2.17. The first-order valence-corrected chi connectivity index (χ1v) is 11.4. The molecule has 0 radical (unpaired) electrons. The molecule has 35 heavy (non-hydrogen) atoms. The first kappa shape index (κ1) is 22.5. The number of halogens is 1. The number of ether oxygens (including phenoxy) is 4. The molecule has 2 heterocycles. The number of hydrogen-bond donors (Lipinski definition) is 0. The van der Waals surface area contributed by atoms with Gasteiger partial charge in [-0.25, -0.2) is 9.37 Å². The summed E-state index contributed by atoms with van der Waals surface area (Å²) in [5.74, 6) is 0.378. The van der Waals surface area contributed by atoms with E-state index in [2.05, 4.69) is 9.97 Å². The van der Waals surface area contributed by atoms with Gasteiger partial charge in [-0.15, -0.1) is 0 Å². The predicted molar refractivity (Wildman–Crippen MR) is 130 cm³/mol. The summed E-state index contributed by atoms with van der Waals surface area (Å²) in [6.45, 7) is 0. The Morgan fingerprint density at radius 1 is 0.914 bits per heavy atom. The van der Waals surface area contributed by atoms with Crippen LogP contribution in [-0.4, -0.2) is 30.2 Å². The topological polar surface area (TPSA) is 79.8 Å². The standard InChI is InChI=1S/C26H19FN2O5S/c1-31-22-11-16-18(13-23(22)32-2)28-9-8-20(16)33-21-14-24-19(12-17(21)27)29-26(35-24)34-25(30)10-15-6-4-3-5-7-15/h3-9,11-14H,10H2,1-2H3. The van der Waals surface area contributed by atoms with Crippen LogP contribution in [-0.2, 0) is 11.2 Å². The molecule has 0 saturated carbocycles. The SMILES string of the molecule is COc1cc2nccc(Oc3cc4sc(OC(=O)Cc5ccccc5)nc4cc3F)c2cc1OC. The highest BCUT2D eigenvalue weighted by atomic mass is 32.1. The number of carbonyl (C=O) groups excluding carboxylic acids is 1. The molecule has 0 aliphatic rings. The van der Waals surface area contributed by atoms with Crippen molar-refractivity contribution in [2.75, 3.05) is 14.2 Å². The highest BCUT2D eigenvalue weighted by Crippen LogP contribution is 2.39. The van der Waals surface area contributed by atoms with Crippen LogP contribution in [0.2, 0.25) is 0 Å². The molecule has 0 fully saturated rings. The zero-order valence-corrected chi connectivity index (χ0v) is 19.6. The van der Waals surface area contributed by atoms with Crippen molar-refractivity contribution in [3.05, 3.63) is 78.2 Å². The Morgan fingerprint density at radius 3 is 2.46 bits per heavy atom. The van der Waals surface area contributed by atoms with E-state index < -0.39 is 11.8 Å². The second-order valence-corrected chi connectivity index (χ2v) is 8.50. The van der Waals surface area contributed by atoms with Crippen molar-refractivity contribution in [1.29, 1.82) is 0 Å². The third-order valence-electron chi connectivity index (χ3n) is 5.24. The van der Waals surface area contributed by atoms with Crippen LogP contribution in [0.25, 0.3) is 21.1 Å². The van der Waals surface area contributed by atoms with E-state index in [1.54, 1.807) is 24.4 Å². The number of esters is 1. The lowest BCUT2D eigenvalue weighted by molar-refractivity contribution is -0.133. The van der Waals surface area contributed by atoms with E-state index in [0.29, 0.717) is 38.4 Å². The van der Waals surface area contributed by atoms with Crippen LogP contribution in [0.1, 0.15) is 5.56 Å². The Labute approximate surface area is 203 Å². The summed E-state index contributed by atoms with van der Waals surface area (Å²) >= 11 is 1.13. The summed E-state index contributed by atoms with van der Waals surface area (Å²) < 4.78 is 37.5. The van der Waals surface area contributed by atoms with Crippen molar-refractivity contribution in [2.45, 2.75) is 6.42 Å². The molecular formula is C26H19FN2O5S. The van der Waals surface area contributed by atoms with Gasteiger partial charge in [0, 0.05) is 29.8 Å². The number of nitrogens with zero attached hydrogens (tertiary/aromatic N) is 2. The number of hydrogen-bond acceptors (Lipinski definition) is 8. The number of methoxy groups -OCH3 is 2. The fourth-order valence-corrected chi connectivity index (χ4v) is 4.42. The maximum atomic E-state index is 14.9. The molecule has 5 rings (SSSR count). The van der Waals surface area contributed by atoms with Crippen LogP contribution in [0.4, 0.5) is 4.39 Å². The van der Waals surface area contributed by atoms with Gasteiger partial charge in [0.25, 0.3) is 5.19 Å². The van der Waals surface area contributed by atoms with Crippen LogP contribution in [0.15, 0.2) is 66.9 Å². The molecular weight excluding hydrogens is 471 g/mol. The van der Waals surface area contributed by atoms with Gasteiger partial charge in [0.2, 0.25) is 0 Å². The van der Waals surface area contributed by atoms with E-state index >= 15 is 0 Å². The maximum Gasteiger partial charge on any atom is 0.317 e. The lowest BCUT2D eigenvalue weighted by Crippen LogP contribution is -2.10. The summed E-state index contributed by atoms with van der Waals surface area (Å²) in [6.07, 6.45) is 1.68. The third-order valence-corrected chi connectivity index (χ3v) is 6.14. The van der Waals surface area contributed by atoms with Crippen molar-refractivity contribution in [2.24, 2.45) is 0 Å². The molecule has 0 bridgehead atoms. The normalized spacial score (nSPS) is 10.9. The number of pyridine rings is 1. The minimum atomic E-state index is -0.601. The van der Waals surface area contributed by atoms with Gasteiger partial charge in [-0.3, -0.25) is 9.78 Å². The van der Waals surface area contributed by atoms with Crippen molar-refractivity contribution < 1.29 is 28.1 Å². The summed E-state index contributed by atoms with van der Waals surface area (Å²) in [6, 6.07) is 17.1. The summed E-state index contributed by atoms with van der Waals surface area (Å²) in [7, 11) is 3.07. The van der Waals surface area contributed by atoms with Crippen LogP contribution < -0.4 is 18.9 Å². The van der Waals surface area contributed by atoms with Crippen molar-refractivity contribution >= 4 is 38.4 Å². The summed E-state index contributed by atoms with van der Waals surface area (Å²) in [5, 5.41) is 0.771. The largest absolute Gasteiger partial charge is 0.493 e. The van der Waals surface area contributed by atoms with Crippen LogP contribution in [0.3, 0.4) is 0 Å². The van der Waals surface area contributed by atoms with E-state index in [-0.39, 0.29) is 17.4 Å². The summed E-state index contributed by atoms with van der Waals surface area (Å²) in [4.78, 5) is 20.8. The molecule has 0 amide bonds. The minimum Gasteiger partial charge on any atom is -0.493 e. The molecule has 0 atom stereocenters. The van der Waals surface area contributed by atoms with Crippen LogP contribution in [0.5, 0.6) is 28.2 Å². The number of thiazole rings is 1. The summed E-state index contributed by atoms with van der Waals surface area (Å²) in [5.41, 5.74) is 1.81. The molecule has 0 saturated heterocycles. The molecule has 3 aromatic carbocycles. The van der Waals surface area contributed by atoms with Gasteiger partial charge < -0.3 is 18.9 Å². The number of carbonyl (C=O) groups is 1. The average molecular weight is 491 g/mol. The molecule has 0 spiro atoms. The van der Waals surface area contributed by atoms with Crippen molar-refractivity contribution in [3.63, 3.8) is 0 Å². The molecule has 2 aromatic heterocycles. The molecule has 0 aliphatic heterocycles. The van der Waals surface area contributed by atoms with Crippen molar-refractivity contribution in [1.82, 2.24) is 9.97 Å². The Morgan fingerprint density at radius 2 is 1.69 bits per heavy atom. The van der Waals surface area contributed by atoms with Gasteiger partial charge in [0.1, 0.15) is 5.75 Å².